The van der Waals surface area contributed by atoms with Crippen LogP contribution in [0.2, 0.25) is 0 Å². The molecule has 4 heteroatoms. The first-order valence-corrected chi connectivity index (χ1v) is 8.48. The van der Waals surface area contributed by atoms with Gasteiger partial charge in [0.2, 0.25) is 5.91 Å². The maximum atomic E-state index is 12.4. The number of carbonyl (C=O) groups is 2. The Morgan fingerprint density at radius 3 is 2.67 bits per heavy atom. The third-order valence-corrected chi connectivity index (χ3v) is 5.33. The molecule has 3 nitrogen and oxygen atoms in total. The third-order valence-electron chi connectivity index (χ3n) is 3.86. The highest BCUT2D eigenvalue weighted by Gasteiger charge is 2.26. The van der Waals surface area contributed by atoms with Crippen LogP contribution in [0.25, 0.3) is 0 Å². The van der Waals surface area contributed by atoms with E-state index in [9.17, 15) is 9.59 Å². The lowest BCUT2D eigenvalue weighted by molar-refractivity contribution is -0.118. The lowest BCUT2D eigenvalue weighted by Gasteiger charge is -2.17. The van der Waals surface area contributed by atoms with Crippen LogP contribution in [0.15, 0.2) is 18.2 Å². The van der Waals surface area contributed by atoms with Crippen LogP contribution in [0.5, 0.6) is 0 Å². The van der Waals surface area contributed by atoms with Gasteiger partial charge in [0.15, 0.2) is 5.78 Å². The van der Waals surface area contributed by atoms with Crippen LogP contribution in [0.4, 0.5) is 5.69 Å². The fraction of sp³-hybridized carbons (Fsp3) is 0.529. The predicted molar refractivity (Wildman–Crippen MR) is 89.3 cm³/mol. The molecule has 21 heavy (non-hydrogen) atoms. The van der Waals surface area contributed by atoms with Gasteiger partial charge in [-0.1, -0.05) is 36.7 Å². The lowest BCUT2D eigenvalue weighted by Crippen LogP contribution is -2.28. The quantitative estimate of drug-likeness (QED) is 0.594. The van der Waals surface area contributed by atoms with Gasteiger partial charge in [-0.3, -0.25) is 9.59 Å². The number of alkyl halides is 1. The predicted octanol–water partition coefficient (Wildman–Crippen LogP) is 3.98. The maximum absolute atomic E-state index is 12.4. The Balaban J connectivity index is 2.22. The Morgan fingerprint density at radius 1 is 1.33 bits per heavy atom. The Hall–Kier alpha value is -1.16. The number of anilines is 1. The molecule has 1 amide bonds. The minimum atomic E-state index is -0.158. The Kier molecular flexibility index (Phi) is 5.20. The van der Waals surface area contributed by atoms with E-state index < -0.39 is 0 Å². The zero-order chi connectivity index (χ0) is 15.6. The van der Waals surface area contributed by atoms with Crippen molar-refractivity contribution in [3.8, 4) is 0 Å². The first-order valence-electron chi connectivity index (χ1n) is 7.57. The van der Waals surface area contributed by atoms with Crippen molar-refractivity contribution in [1.82, 2.24) is 0 Å². The maximum Gasteiger partial charge on any atom is 0.226 e. The number of carbonyl (C=O) groups excluding carboxylic acids is 2. The van der Waals surface area contributed by atoms with E-state index in [0.717, 1.165) is 36.2 Å². The average molecular weight is 352 g/mol. The minimum Gasteiger partial charge on any atom is -0.312 e. The number of rotatable bonds is 5. The van der Waals surface area contributed by atoms with Crippen LogP contribution in [0.3, 0.4) is 0 Å². The summed E-state index contributed by atoms with van der Waals surface area (Å²) in [6, 6.07) is 5.71. The van der Waals surface area contributed by atoms with Crippen LogP contribution in [0, 0.1) is 5.92 Å². The molecule has 0 bridgehead atoms. The number of halogens is 1. The molecule has 0 saturated carbocycles. The van der Waals surface area contributed by atoms with Gasteiger partial charge in [0.1, 0.15) is 0 Å². The number of benzene rings is 1. The molecule has 0 saturated heterocycles. The lowest BCUT2D eigenvalue weighted by atomic mass is 9.99. The zero-order valence-corrected chi connectivity index (χ0v) is 14.4. The number of nitrogens with zero attached hydrogens (tertiary/aromatic N) is 1. The molecule has 0 spiro atoms. The van der Waals surface area contributed by atoms with Gasteiger partial charge < -0.3 is 4.90 Å². The van der Waals surface area contributed by atoms with Crippen molar-refractivity contribution in [2.45, 2.75) is 44.9 Å². The van der Waals surface area contributed by atoms with Crippen LogP contribution in [0.1, 0.15) is 49.5 Å². The summed E-state index contributed by atoms with van der Waals surface area (Å²) in [5, 5.41) is 0. The summed E-state index contributed by atoms with van der Waals surface area (Å²) >= 11 is 3.47. The van der Waals surface area contributed by atoms with Gasteiger partial charge in [-0.2, -0.15) is 0 Å². The molecule has 0 N–H and O–H groups in total. The van der Waals surface area contributed by atoms with Gasteiger partial charge in [0.25, 0.3) is 0 Å². The number of hydrogen-bond donors (Lipinski definition) is 0. The summed E-state index contributed by atoms with van der Waals surface area (Å²) in [4.78, 5) is 26.1. The minimum absolute atomic E-state index is 0.117. The number of Topliss-reactive ketones (excluding diaryl/α,β-unsaturated/α-hetero) is 1. The molecular weight excluding hydrogens is 330 g/mol. The van der Waals surface area contributed by atoms with Crippen LogP contribution < -0.4 is 4.90 Å². The second-order valence-electron chi connectivity index (χ2n) is 5.90. The van der Waals surface area contributed by atoms with Gasteiger partial charge in [-0.05, 0) is 42.5 Å². The highest BCUT2D eigenvalue weighted by Crippen LogP contribution is 2.30. The average Bonchev–Trinajstić information content (AvgIpc) is 2.88. The number of hydrogen-bond acceptors (Lipinski definition) is 2. The van der Waals surface area contributed by atoms with Crippen molar-refractivity contribution >= 4 is 33.3 Å². The molecule has 0 fully saturated rings. The van der Waals surface area contributed by atoms with Gasteiger partial charge in [-0.25, -0.2) is 0 Å². The molecule has 1 aliphatic heterocycles. The highest BCUT2D eigenvalue weighted by atomic mass is 79.9. The van der Waals surface area contributed by atoms with Crippen LogP contribution >= 0.6 is 15.9 Å². The molecule has 2 rings (SSSR count). The van der Waals surface area contributed by atoms with E-state index in [1.54, 1.807) is 0 Å². The molecule has 114 valence electrons. The highest BCUT2D eigenvalue weighted by molar-refractivity contribution is 9.10. The molecule has 0 radical (unpaired) electrons. The Labute approximate surface area is 134 Å². The summed E-state index contributed by atoms with van der Waals surface area (Å²) in [5.41, 5.74) is 2.81. The molecule has 1 aromatic rings. The summed E-state index contributed by atoms with van der Waals surface area (Å²) in [6.07, 6.45) is 2.28. The molecule has 0 aliphatic carbocycles. The molecule has 1 aromatic carbocycles. The molecule has 1 heterocycles. The number of amides is 1. The summed E-state index contributed by atoms with van der Waals surface area (Å²) in [6.45, 7) is 6.79. The van der Waals surface area contributed by atoms with Gasteiger partial charge in [0, 0.05) is 24.2 Å². The second kappa shape index (κ2) is 6.73. The van der Waals surface area contributed by atoms with Gasteiger partial charge in [-0.15, -0.1) is 0 Å². The van der Waals surface area contributed by atoms with Crippen molar-refractivity contribution in [3.63, 3.8) is 0 Å². The number of ketones is 1. The van der Waals surface area contributed by atoms with E-state index in [1.165, 1.54) is 0 Å². The van der Waals surface area contributed by atoms with E-state index in [-0.39, 0.29) is 22.4 Å². The van der Waals surface area contributed by atoms with E-state index >= 15 is 0 Å². The van der Waals surface area contributed by atoms with Crippen LogP contribution in [-0.2, 0) is 11.2 Å². The Morgan fingerprint density at radius 2 is 2.05 bits per heavy atom. The van der Waals surface area contributed by atoms with Crippen molar-refractivity contribution in [3.05, 3.63) is 29.3 Å². The van der Waals surface area contributed by atoms with Gasteiger partial charge in [0.05, 0.1) is 4.83 Å². The summed E-state index contributed by atoms with van der Waals surface area (Å²) in [7, 11) is 0. The molecule has 1 atom stereocenters. The van der Waals surface area contributed by atoms with E-state index in [1.807, 2.05) is 43.9 Å². The van der Waals surface area contributed by atoms with Crippen molar-refractivity contribution in [1.29, 1.82) is 0 Å². The van der Waals surface area contributed by atoms with E-state index in [0.29, 0.717) is 6.42 Å². The van der Waals surface area contributed by atoms with E-state index in [2.05, 4.69) is 15.9 Å². The van der Waals surface area contributed by atoms with Crippen molar-refractivity contribution < 1.29 is 9.59 Å². The SMILES string of the molecule is CCCC(=O)N1CCc2cc(C(=O)C(Br)C(C)C)ccc21. The third kappa shape index (κ3) is 3.37. The van der Waals surface area contributed by atoms with Crippen molar-refractivity contribution in [2.75, 3.05) is 11.4 Å². The van der Waals surface area contributed by atoms with Gasteiger partial charge >= 0.3 is 0 Å². The fourth-order valence-corrected chi connectivity index (χ4v) is 2.89. The van der Waals surface area contributed by atoms with Crippen LogP contribution in [-0.4, -0.2) is 23.1 Å². The monoisotopic (exact) mass is 351 g/mol. The second-order valence-corrected chi connectivity index (χ2v) is 6.89. The largest absolute Gasteiger partial charge is 0.312 e. The topological polar surface area (TPSA) is 37.4 Å². The molecular formula is C17H22BrNO2. The molecule has 1 aliphatic rings. The summed E-state index contributed by atoms with van der Waals surface area (Å²) < 4.78 is 0. The summed E-state index contributed by atoms with van der Waals surface area (Å²) in [5.74, 6) is 0.551. The zero-order valence-electron chi connectivity index (χ0n) is 12.9. The standard InChI is InChI=1S/C17H22BrNO2/c1-4-5-15(20)19-9-8-12-10-13(6-7-14(12)19)17(21)16(18)11(2)3/h6-7,10-11,16H,4-5,8-9H2,1-3H3. The van der Waals surface area contributed by atoms with Crippen molar-refractivity contribution in [2.24, 2.45) is 5.92 Å². The van der Waals surface area contributed by atoms with E-state index in [4.69, 9.17) is 0 Å². The normalized spacial score (nSPS) is 15.2. The first kappa shape index (κ1) is 16.2. The number of fused-ring (bicyclic) bond motifs is 1. The smallest absolute Gasteiger partial charge is 0.226 e. The fourth-order valence-electron chi connectivity index (χ4n) is 2.62. The Bertz CT molecular complexity index is 554. The molecule has 1 unspecified atom stereocenters. The molecule has 0 aromatic heterocycles. The first-order chi connectivity index (χ1) is 9.95.